The summed E-state index contributed by atoms with van der Waals surface area (Å²) in [6, 6.07) is 16.8. The van der Waals surface area contributed by atoms with Crippen LogP contribution in [0.5, 0.6) is 0 Å². The minimum atomic E-state index is -0.460. The summed E-state index contributed by atoms with van der Waals surface area (Å²) in [6.45, 7) is 5.27. The lowest BCUT2D eigenvalue weighted by Gasteiger charge is -2.36. The number of halogens is 2. The van der Waals surface area contributed by atoms with Gasteiger partial charge in [0.2, 0.25) is 0 Å². The lowest BCUT2D eigenvalue weighted by Crippen LogP contribution is -2.47. The number of benzene rings is 3. The zero-order valence-electron chi connectivity index (χ0n) is 18.6. The van der Waals surface area contributed by atoms with Gasteiger partial charge in [-0.1, -0.05) is 23.7 Å². The SMILES string of the molecule is Cc1cc2c(cc1C(=O)c1ccccc1Cl)oc(=O)n2CN1CCN(c2ccc(F)cc2)CC1. The van der Waals surface area contributed by atoms with Crippen molar-refractivity contribution in [3.8, 4) is 0 Å². The molecule has 0 unspecified atom stereocenters. The predicted octanol–water partition coefficient (Wildman–Crippen LogP) is 4.71. The number of nitrogens with zero attached hydrogens (tertiary/aromatic N) is 3. The number of hydrogen-bond donors (Lipinski definition) is 0. The molecule has 5 rings (SSSR count). The average molecular weight is 480 g/mol. The first-order valence-electron chi connectivity index (χ1n) is 11.1. The standard InChI is InChI=1S/C26H23ClFN3O3/c1-17-14-23-24(15-21(17)25(32)20-4-2-3-5-22(20)27)34-26(33)31(23)16-29-10-12-30(13-11-29)19-8-6-18(28)7-9-19/h2-9,14-15H,10-13,16H2,1H3. The molecule has 1 aliphatic heterocycles. The molecule has 1 saturated heterocycles. The molecule has 0 amide bonds. The number of rotatable bonds is 5. The van der Waals surface area contributed by atoms with Crippen molar-refractivity contribution in [1.82, 2.24) is 9.47 Å². The number of ketones is 1. The van der Waals surface area contributed by atoms with E-state index >= 15 is 0 Å². The molecule has 34 heavy (non-hydrogen) atoms. The van der Waals surface area contributed by atoms with Crippen molar-refractivity contribution in [2.75, 3.05) is 31.1 Å². The van der Waals surface area contributed by atoms with E-state index < -0.39 is 5.76 Å². The molecule has 0 aliphatic carbocycles. The van der Waals surface area contributed by atoms with Crippen molar-refractivity contribution in [1.29, 1.82) is 0 Å². The zero-order valence-corrected chi connectivity index (χ0v) is 19.4. The van der Waals surface area contributed by atoms with Crippen LogP contribution in [0.2, 0.25) is 5.02 Å². The van der Waals surface area contributed by atoms with Gasteiger partial charge < -0.3 is 9.32 Å². The predicted molar refractivity (Wildman–Crippen MR) is 130 cm³/mol. The first-order chi connectivity index (χ1) is 16.4. The molecule has 0 saturated carbocycles. The van der Waals surface area contributed by atoms with Crippen molar-refractivity contribution in [3.05, 3.63) is 98.7 Å². The highest BCUT2D eigenvalue weighted by Crippen LogP contribution is 2.25. The fourth-order valence-electron chi connectivity index (χ4n) is 4.38. The number of anilines is 1. The Hall–Kier alpha value is -3.42. The average Bonchev–Trinajstić information content (AvgIpc) is 3.13. The van der Waals surface area contributed by atoms with Gasteiger partial charge in [-0.2, -0.15) is 0 Å². The van der Waals surface area contributed by atoms with Gasteiger partial charge in [-0.15, -0.1) is 0 Å². The molecule has 174 valence electrons. The molecule has 0 spiro atoms. The van der Waals surface area contributed by atoms with Crippen molar-refractivity contribution in [3.63, 3.8) is 0 Å². The Kier molecular flexibility index (Phi) is 5.98. The van der Waals surface area contributed by atoms with Gasteiger partial charge in [0, 0.05) is 43.0 Å². The third kappa shape index (κ3) is 4.24. The molecule has 6 nitrogen and oxygen atoms in total. The van der Waals surface area contributed by atoms with Crippen molar-refractivity contribution < 1.29 is 13.6 Å². The molecule has 0 N–H and O–H groups in total. The fourth-order valence-corrected chi connectivity index (χ4v) is 4.60. The highest BCUT2D eigenvalue weighted by molar-refractivity contribution is 6.35. The monoisotopic (exact) mass is 479 g/mol. The number of oxazole rings is 1. The Morgan fingerprint density at radius 2 is 1.71 bits per heavy atom. The molecule has 1 fully saturated rings. The molecule has 1 aliphatic rings. The summed E-state index contributed by atoms with van der Waals surface area (Å²) in [5.41, 5.74) is 3.61. The van der Waals surface area contributed by atoms with E-state index in [1.165, 1.54) is 12.1 Å². The van der Waals surface area contributed by atoms with E-state index in [4.69, 9.17) is 16.0 Å². The molecule has 1 aromatic heterocycles. The summed E-state index contributed by atoms with van der Waals surface area (Å²) in [7, 11) is 0. The van der Waals surface area contributed by atoms with Crippen LogP contribution in [-0.4, -0.2) is 41.4 Å². The van der Waals surface area contributed by atoms with E-state index in [9.17, 15) is 14.0 Å². The Bertz CT molecular complexity index is 1420. The van der Waals surface area contributed by atoms with Gasteiger partial charge >= 0.3 is 5.76 Å². The Labute approximate surface area is 200 Å². The van der Waals surface area contributed by atoms with Crippen LogP contribution in [0.1, 0.15) is 21.5 Å². The third-order valence-electron chi connectivity index (χ3n) is 6.28. The molecule has 0 bridgehead atoms. The number of aromatic nitrogens is 1. The Balaban J connectivity index is 1.36. The van der Waals surface area contributed by atoms with E-state index in [2.05, 4.69) is 9.80 Å². The minimum absolute atomic E-state index is 0.211. The van der Waals surface area contributed by atoms with Gasteiger partial charge in [0.25, 0.3) is 0 Å². The number of carbonyl (C=O) groups is 1. The van der Waals surface area contributed by atoms with Crippen molar-refractivity contribution >= 4 is 34.2 Å². The first-order valence-corrected chi connectivity index (χ1v) is 11.4. The quantitative estimate of drug-likeness (QED) is 0.388. The molecule has 0 radical (unpaired) electrons. The second-order valence-corrected chi connectivity index (χ2v) is 8.87. The topological polar surface area (TPSA) is 58.7 Å². The van der Waals surface area contributed by atoms with E-state index in [0.717, 1.165) is 37.4 Å². The number of piperazine rings is 1. The molecular weight excluding hydrogens is 457 g/mol. The summed E-state index contributed by atoms with van der Waals surface area (Å²) >= 11 is 6.21. The molecular formula is C26H23ClFN3O3. The molecule has 3 aromatic carbocycles. The highest BCUT2D eigenvalue weighted by atomic mass is 35.5. The van der Waals surface area contributed by atoms with Gasteiger partial charge in [-0.05, 0) is 61.0 Å². The fraction of sp³-hybridized carbons (Fsp3) is 0.231. The smallest absolute Gasteiger partial charge is 0.408 e. The molecule has 8 heteroatoms. The zero-order chi connectivity index (χ0) is 23.8. The summed E-state index contributed by atoms with van der Waals surface area (Å²) < 4.78 is 20.3. The maximum atomic E-state index is 13.2. The van der Waals surface area contributed by atoms with Crippen LogP contribution < -0.4 is 10.7 Å². The Morgan fingerprint density at radius 3 is 2.41 bits per heavy atom. The maximum absolute atomic E-state index is 13.2. The van der Waals surface area contributed by atoms with E-state index in [1.807, 2.05) is 13.0 Å². The van der Waals surface area contributed by atoms with Gasteiger partial charge in [0.05, 0.1) is 17.2 Å². The second kappa shape index (κ2) is 9.08. The van der Waals surface area contributed by atoms with E-state index in [-0.39, 0.29) is 11.6 Å². The lowest BCUT2D eigenvalue weighted by molar-refractivity contribution is 0.103. The van der Waals surface area contributed by atoms with Crippen LogP contribution >= 0.6 is 11.6 Å². The van der Waals surface area contributed by atoms with Crippen molar-refractivity contribution in [2.24, 2.45) is 0 Å². The van der Waals surface area contributed by atoms with Crippen LogP contribution in [0.15, 0.2) is 69.9 Å². The van der Waals surface area contributed by atoms with Gasteiger partial charge in [-0.25, -0.2) is 9.18 Å². The van der Waals surface area contributed by atoms with Crippen LogP contribution in [0.25, 0.3) is 11.1 Å². The van der Waals surface area contributed by atoms with Gasteiger partial charge in [0.15, 0.2) is 11.4 Å². The summed E-state index contributed by atoms with van der Waals surface area (Å²) in [5.74, 6) is -0.921. The summed E-state index contributed by atoms with van der Waals surface area (Å²) in [6.07, 6.45) is 0. The molecule has 2 heterocycles. The van der Waals surface area contributed by atoms with Crippen LogP contribution in [0, 0.1) is 12.7 Å². The number of aryl methyl sites for hydroxylation is 1. The summed E-state index contributed by atoms with van der Waals surface area (Å²) in [4.78, 5) is 30.1. The largest absolute Gasteiger partial charge is 0.421 e. The van der Waals surface area contributed by atoms with Crippen LogP contribution in [0.4, 0.5) is 10.1 Å². The van der Waals surface area contributed by atoms with Crippen LogP contribution in [-0.2, 0) is 6.67 Å². The van der Waals surface area contributed by atoms with E-state index in [1.54, 1.807) is 47.0 Å². The first kappa shape index (κ1) is 22.4. The van der Waals surface area contributed by atoms with E-state index in [0.29, 0.717) is 33.9 Å². The summed E-state index contributed by atoms with van der Waals surface area (Å²) in [5, 5.41) is 0.380. The minimum Gasteiger partial charge on any atom is -0.408 e. The second-order valence-electron chi connectivity index (χ2n) is 8.46. The van der Waals surface area contributed by atoms with Crippen LogP contribution in [0.3, 0.4) is 0 Å². The Morgan fingerprint density at radius 1 is 1.00 bits per heavy atom. The van der Waals surface area contributed by atoms with Crippen molar-refractivity contribution in [2.45, 2.75) is 13.6 Å². The van der Waals surface area contributed by atoms with Gasteiger partial charge in [-0.3, -0.25) is 14.3 Å². The van der Waals surface area contributed by atoms with Gasteiger partial charge in [0.1, 0.15) is 5.82 Å². The molecule has 0 atom stereocenters. The number of fused-ring (bicyclic) bond motifs is 1. The molecule has 4 aromatic rings. The highest BCUT2D eigenvalue weighted by Gasteiger charge is 2.22. The lowest BCUT2D eigenvalue weighted by atomic mass is 9.98. The normalized spacial score (nSPS) is 14.6. The maximum Gasteiger partial charge on any atom is 0.421 e. The number of hydrogen-bond acceptors (Lipinski definition) is 5. The third-order valence-corrected chi connectivity index (χ3v) is 6.61. The number of carbonyl (C=O) groups excluding carboxylic acids is 1.